The number of rotatable bonds is 13. The maximum atomic E-state index is 14.6. The molecule has 11 nitrogen and oxygen atoms in total. The largest absolute Gasteiger partial charge is 0.468 e. The van der Waals surface area contributed by atoms with Gasteiger partial charge < -0.3 is 33.5 Å². The van der Waals surface area contributed by atoms with Crippen molar-refractivity contribution in [1.82, 2.24) is 14.9 Å². The van der Waals surface area contributed by atoms with Crippen LogP contribution in [0.1, 0.15) is 37.8 Å². The molecule has 45 heavy (non-hydrogen) atoms. The second-order valence-electron chi connectivity index (χ2n) is 11.0. The Morgan fingerprint density at radius 1 is 1.11 bits per heavy atom. The second-order valence-corrected chi connectivity index (χ2v) is 11.0. The van der Waals surface area contributed by atoms with Crippen molar-refractivity contribution in [1.29, 1.82) is 0 Å². The molecule has 240 valence electrons. The summed E-state index contributed by atoms with van der Waals surface area (Å²) in [5.74, 6) is 1.13. The Hall–Kier alpha value is -4.13. The first-order valence-corrected chi connectivity index (χ1v) is 15.0. The van der Waals surface area contributed by atoms with Gasteiger partial charge in [-0.15, -0.1) is 0 Å². The van der Waals surface area contributed by atoms with Gasteiger partial charge in [0.05, 0.1) is 5.22 Å². The molecular weight excluding hydrogens is 581 g/mol. The van der Waals surface area contributed by atoms with E-state index in [-0.39, 0.29) is 36.8 Å². The van der Waals surface area contributed by atoms with Crippen molar-refractivity contribution in [3.05, 3.63) is 52.0 Å². The van der Waals surface area contributed by atoms with Crippen LogP contribution in [-0.2, 0) is 25.4 Å². The van der Waals surface area contributed by atoms with Gasteiger partial charge >= 0.3 is 6.01 Å². The minimum atomic E-state index is -0.646. The second kappa shape index (κ2) is 14.8. The molecule has 2 aromatic carbocycles. The lowest BCUT2D eigenvalue weighted by Gasteiger charge is -2.39. The van der Waals surface area contributed by atoms with Crippen LogP contribution in [0.25, 0.3) is 23.3 Å². The number of hydrogen-bond acceptors (Lipinski definition) is 10. The van der Waals surface area contributed by atoms with Crippen molar-refractivity contribution in [2.75, 3.05) is 52.7 Å². The molecule has 0 N–H and O–H groups in total. The Kier molecular flexibility index (Phi) is 10.6. The molecule has 2 saturated heterocycles. The fourth-order valence-electron chi connectivity index (χ4n) is 6.12. The van der Waals surface area contributed by atoms with Gasteiger partial charge in [0.15, 0.2) is 13.1 Å². The highest BCUT2D eigenvalue weighted by molar-refractivity contribution is 6.12. The van der Waals surface area contributed by atoms with E-state index in [4.69, 9.17) is 33.7 Å². The van der Waals surface area contributed by atoms with Crippen LogP contribution in [0.4, 0.5) is 10.2 Å². The van der Waals surface area contributed by atoms with Gasteiger partial charge in [0, 0.05) is 64.0 Å². The average Bonchev–Trinajstić information content (AvgIpc) is 3.32. The van der Waals surface area contributed by atoms with Crippen molar-refractivity contribution in [3.63, 3.8) is 0 Å². The first-order chi connectivity index (χ1) is 21.9. The molecule has 2 aliphatic rings. The molecule has 2 unspecified atom stereocenters. The molecule has 12 heteroatoms. The summed E-state index contributed by atoms with van der Waals surface area (Å²) in [6, 6.07) is 10.2. The van der Waals surface area contributed by atoms with Crippen LogP contribution in [0.5, 0.6) is 11.8 Å². The summed E-state index contributed by atoms with van der Waals surface area (Å²) < 4.78 is 41.7. The number of carbonyl (C=O) groups excluding carboxylic acids is 1. The summed E-state index contributed by atoms with van der Waals surface area (Å²) in [6.07, 6.45) is 4.93. The number of methoxy groups -OCH3 is 3. The number of amides is 1. The molecule has 1 amide bonds. The predicted molar refractivity (Wildman–Crippen MR) is 170 cm³/mol. The fraction of sp³-hybridized carbons (Fsp3) is 0.455. The molecule has 0 radical (unpaired) electrons. The number of halogens is 1. The molecular formula is C33H40FN5O6. The Morgan fingerprint density at radius 2 is 1.87 bits per heavy atom. The minimum absolute atomic E-state index is 0.0109. The lowest BCUT2D eigenvalue weighted by Crippen LogP contribution is -2.55. The summed E-state index contributed by atoms with van der Waals surface area (Å²) >= 11 is 0. The van der Waals surface area contributed by atoms with E-state index in [0.717, 1.165) is 42.0 Å². The van der Waals surface area contributed by atoms with E-state index in [9.17, 15) is 9.18 Å². The Morgan fingerprint density at radius 3 is 2.51 bits per heavy atom. The molecule has 0 saturated carbocycles. The van der Waals surface area contributed by atoms with E-state index >= 15 is 0 Å². The van der Waals surface area contributed by atoms with Crippen LogP contribution in [0.2, 0.25) is 0 Å². The molecule has 2 bridgehead atoms. The summed E-state index contributed by atoms with van der Waals surface area (Å²) in [5.41, 5.74) is 2.77. The first kappa shape index (κ1) is 32.3. The van der Waals surface area contributed by atoms with Gasteiger partial charge in [0.2, 0.25) is 6.41 Å². The lowest BCUT2D eigenvalue weighted by molar-refractivity contribution is -0.123. The van der Waals surface area contributed by atoms with Crippen LogP contribution in [0.15, 0.2) is 35.3 Å². The molecule has 0 aliphatic carbocycles. The van der Waals surface area contributed by atoms with Crippen LogP contribution in [0, 0.1) is 0 Å². The first-order valence-electron chi connectivity index (χ1n) is 15.0. The van der Waals surface area contributed by atoms with Crippen molar-refractivity contribution in [3.8, 4) is 11.8 Å². The third-order valence-corrected chi connectivity index (χ3v) is 8.41. The maximum absolute atomic E-state index is 14.6. The van der Waals surface area contributed by atoms with Gasteiger partial charge in [0.1, 0.15) is 29.9 Å². The molecule has 1 aromatic heterocycles. The minimum Gasteiger partial charge on any atom is -0.468 e. The smallest absolute Gasteiger partial charge is 0.319 e. The Balaban J connectivity index is 1.63. The van der Waals surface area contributed by atoms with Crippen LogP contribution >= 0.6 is 0 Å². The van der Waals surface area contributed by atoms with E-state index in [1.165, 1.54) is 19.8 Å². The summed E-state index contributed by atoms with van der Waals surface area (Å²) in [4.78, 5) is 29.6. The summed E-state index contributed by atoms with van der Waals surface area (Å²) in [5, 5.41) is 2.53. The standard InChI is InChI=1S/C33H40FN5O6/c1-6-22-8-7-9-23-12-26(45-20-41-3)13-27(31(22)23)21(2)35-15-28-29(14-34)36-33(44-18-30(42-4)43-5)37-32(28)38-16-24-10-11-25(17-38)39(24)19-40/h7-9,12-15,19,24-25,30H,6,10-11,16-18,20H2,1-5H3/b28-15+,29-14-,35-21+. The molecule has 3 heterocycles. The van der Waals surface area contributed by atoms with Crippen molar-refractivity contribution in [2.24, 2.45) is 4.99 Å². The van der Waals surface area contributed by atoms with E-state index in [1.54, 1.807) is 13.3 Å². The van der Waals surface area contributed by atoms with Crippen LogP contribution < -0.4 is 24.9 Å². The molecule has 2 fully saturated rings. The number of fused-ring (bicyclic) bond motifs is 3. The zero-order valence-corrected chi connectivity index (χ0v) is 26.4. The number of piperazine rings is 1. The zero-order valence-electron chi connectivity index (χ0n) is 26.4. The number of aromatic nitrogens is 2. The van der Waals surface area contributed by atoms with Crippen LogP contribution in [-0.4, -0.2) is 93.2 Å². The average molecular weight is 622 g/mol. The van der Waals surface area contributed by atoms with E-state index < -0.39 is 6.29 Å². The predicted octanol–water partition coefficient (Wildman–Crippen LogP) is 2.94. The third-order valence-electron chi connectivity index (χ3n) is 8.41. The van der Waals surface area contributed by atoms with E-state index in [0.29, 0.717) is 41.9 Å². The summed E-state index contributed by atoms with van der Waals surface area (Å²) in [6.45, 7) is 5.24. The molecule has 2 atom stereocenters. The SMILES string of the molecule is CCc1cccc2cc(OCOC)cc(/C(C)=N/C=c3/c(N4CC5CCC(C4)N5C=O)nc(OCC(OC)OC)n/c3=C\F)c12. The topological polar surface area (TPSA) is 108 Å². The molecule has 2 aliphatic heterocycles. The van der Waals surface area contributed by atoms with Gasteiger partial charge in [0.25, 0.3) is 0 Å². The monoisotopic (exact) mass is 621 g/mol. The van der Waals surface area contributed by atoms with Crippen LogP contribution in [0.3, 0.4) is 0 Å². The lowest BCUT2D eigenvalue weighted by atomic mass is 9.95. The Labute approximate surface area is 261 Å². The normalized spacial score (nSPS) is 19.2. The highest BCUT2D eigenvalue weighted by Gasteiger charge is 2.40. The number of hydrogen-bond donors (Lipinski definition) is 0. The van der Waals surface area contributed by atoms with Gasteiger partial charge in [-0.3, -0.25) is 9.79 Å². The number of anilines is 1. The van der Waals surface area contributed by atoms with Crippen molar-refractivity contribution >= 4 is 41.2 Å². The zero-order chi connectivity index (χ0) is 31.9. The summed E-state index contributed by atoms with van der Waals surface area (Å²) in [7, 11) is 4.57. The van der Waals surface area contributed by atoms with Crippen molar-refractivity contribution < 1.29 is 32.9 Å². The fourth-order valence-corrected chi connectivity index (χ4v) is 6.12. The Bertz CT molecular complexity index is 1650. The van der Waals surface area contributed by atoms with E-state index in [2.05, 4.69) is 22.9 Å². The van der Waals surface area contributed by atoms with E-state index in [1.807, 2.05) is 36.1 Å². The number of aliphatic imine (C=N–C) groups is 1. The number of ether oxygens (including phenoxy) is 5. The molecule has 0 spiro atoms. The van der Waals surface area contributed by atoms with Gasteiger partial charge in [-0.2, -0.15) is 9.97 Å². The number of carbonyl (C=O) groups is 1. The number of benzene rings is 2. The van der Waals surface area contributed by atoms with Gasteiger partial charge in [-0.05, 0) is 54.7 Å². The highest BCUT2D eigenvalue weighted by Crippen LogP contribution is 2.31. The van der Waals surface area contributed by atoms with Crippen molar-refractivity contribution in [2.45, 2.75) is 51.5 Å². The van der Waals surface area contributed by atoms with Gasteiger partial charge in [-0.1, -0.05) is 25.1 Å². The number of nitrogens with zero attached hydrogens (tertiary/aromatic N) is 5. The molecule has 5 rings (SSSR count). The van der Waals surface area contributed by atoms with Gasteiger partial charge in [-0.25, -0.2) is 4.39 Å². The quantitative estimate of drug-likeness (QED) is 0.162. The number of aryl methyl sites for hydroxylation is 1. The highest BCUT2D eigenvalue weighted by atomic mass is 19.1. The third kappa shape index (κ3) is 6.92. The maximum Gasteiger partial charge on any atom is 0.319 e. The molecule has 3 aromatic rings.